The van der Waals surface area contributed by atoms with Crippen LogP contribution in [0.4, 0.5) is 0 Å². The smallest absolute Gasteiger partial charge is 0.223 e. The number of methoxy groups -OCH3 is 1. The summed E-state index contributed by atoms with van der Waals surface area (Å²) < 4.78 is 5.31. The molecule has 0 saturated heterocycles. The third-order valence-electron chi connectivity index (χ3n) is 5.20. The number of fused-ring (bicyclic) bond motifs is 1. The van der Waals surface area contributed by atoms with Crippen molar-refractivity contribution in [3.05, 3.63) is 51.7 Å². The molecule has 3 rings (SSSR count). The summed E-state index contributed by atoms with van der Waals surface area (Å²) in [6.45, 7) is 9.72. The highest BCUT2D eigenvalue weighted by atomic mass is 32.1. The molecule has 146 valence electrons. The highest BCUT2D eigenvalue weighted by Crippen LogP contribution is 2.39. The van der Waals surface area contributed by atoms with Gasteiger partial charge < -0.3 is 9.64 Å². The summed E-state index contributed by atoms with van der Waals surface area (Å²) in [6, 6.07) is 10.4. The van der Waals surface area contributed by atoms with Crippen LogP contribution in [-0.2, 0) is 11.2 Å². The van der Waals surface area contributed by atoms with E-state index >= 15 is 0 Å². The molecule has 4 heteroatoms. The van der Waals surface area contributed by atoms with Crippen molar-refractivity contribution in [2.45, 2.75) is 53.0 Å². The monoisotopic (exact) mass is 385 g/mol. The van der Waals surface area contributed by atoms with Gasteiger partial charge in [-0.1, -0.05) is 39.8 Å². The zero-order chi connectivity index (χ0) is 19.6. The number of hydrogen-bond donors (Lipinski definition) is 0. The Morgan fingerprint density at radius 3 is 2.59 bits per heavy atom. The number of ether oxygens (including phenoxy) is 1. The lowest BCUT2D eigenvalue weighted by Gasteiger charge is -2.37. The molecule has 2 aromatic rings. The molecule has 1 aliphatic rings. The Kier molecular flexibility index (Phi) is 5.95. The topological polar surface area (TPSA) is 29.5 Å². The molecule has 0 N–H and O–H groups in total. The van der Waals surface area contributed by atoms with Crippen molar-refractivity contribution < 1.29 is 9.53 Å². The van der Waals surface area contributed by atoms with Crippen LogP contribution >= 0.6 is 11.3 Å². The SMILES string of the molecule is COc1ccc([C@@H]2c3ccsc3CCN2C(=O)C[C@H](C)CC(C)(C)C)cc1. The predicted octanol–water partition coefficient (Wildman–Crippen LogP) is 5.69. The van der Waals surface area contributed by atoms with Crippen molar-refractivity contribution >= 4 is 17.2 Å². The van der Waals surface area contributed by atoms with Crippen molar-refractivity contribution in [1.29, 1.82) is 0 Å². The predicted molar refractivity (Wildman–Crippen MR) is 112 cm³/mol. The normalized spacial score (nSPS) is 18.1. The van der Waals surface area contributed by atoms with E-state index in [1.54, 1.807) is 18.4 Å². The van der Waals surface area contributed by atoms with E-state index in [2.05, 4.69) is 56.2 Å². The number of benzene rings is 1. The maximum absolute atomic E-state index is 13.2. The molecule has 1 aliphatic heterocycles. The van der Waals surface area contributed by atoms with Gasteiger partial charge in [0.05, 0.1) is 13.2 Å². The van der Waals surface area contributed by atoms with Gasteiger partial charge in [0.1, 0.15) is 5.75 Å². The van der Waals surface area contributed by atoms with Crippen LogP contribution in [0.3, 0.4) is 0 Å². The van der Waals surface area contributed by atoms with Crippen LogP contribution in [0.5, 0.6) is 5.75 Å². The van der Waals surface area contributed by atoms with Gasteiger partial charge in [0.25, 0.3) is 0 Å². The van der Waals surface area contributed by atoms with Gasteiger partial charge in [0.2, 0.25) is 5.91 Å². The molecule has 0 aliphatic carbocycles. The highest BCUT2D eigenvalue weighted by molar-refractivity contribution is 7.10. The van der Waals surface area contributed by atoms with Crippen LogP contribution in [0.1, 0.15) is 62.6 Å². The van der Waals surface area contributed by atoms with Gasteiger partial charge in [-0.25, -0.2) is 0 Å². The molecule has 0 bridgehead atoms. The van der Waals surface area contributed by atoms with Crippen molar-refractivity contribution in [2.24, 2.45) is 11.3 Å². The lowest BCUT2D eigenvalue weighted by molar-refractivity contribution is -0.134. The molecule has 1 amide bonds. The number of carbonyl (C=O) groups is 1. The third kappa shape index (κ3) is 4.73. The Balaban J connectivity index is 1.85. The van der Waals surface area contributed by atoms with Crippen LogP contribution in [0, 0.1) is 11.3 Å². The van der Waals surface area contributed by atoms with Crippen LogP contribution in [-0.4, -0.2) is 24.5 Å². The van der Waals surface area contributed by atoms with Crippen LogP contribution in [0.15, 0.2) is 35.7 Å². The van der Waals surface area contributed by atoms with E-state index < -0.39 is 0 Å². The second-order valence-electron chi connectivity index (χ2n) is 8.89. The van der Waals surface area contributed by atoms with Crippen molar-refractivity contribution in [3.8, 4) is 5.75 Å². The molecule has 0 radical (unpaired) electrons. The van der Waals surface area contributed by atoms with Crippen LogP contribution < -0.4 is 4.74 Å². The van der Waals surface area contributed by atoms with E-state index in [1.165, 1.54) is 10.4 Å². The van der Waals surface area contributed by atoms with Gasteiger partial charge in [-0.15, -0.1) is 11.3 Å². The largest absolute Gasteiger partial charge is 0.497 e. The fourth-order valence-corrected chi connectivity index (χ4v) is 5.17. The summed E-state index contributed by atoms with van der Waals surface area (Å²) >= 11 is 1.80. The molecule has 1 aromatic carbocycles. The second-order valence-corrected chi connectivity index (χ2v) is 9.89. The van der Waals surface area contributed by atoms with Gasteiger partial charge in [0, 0.05) is 17.8 Å². The summed E-state index contributed by atoms with van der Waals surface area (Å²) in [5.74, 6) is 1.50. The van der Waals surface area contributed by atoms with E-state index in [0.717, 1.165) is 30.7 Å². The first kappa shape index (κ1) is 19.9. The fraction of sp³-hybridized carbons (Fsp3) is 0.522. The first-order chi connectivity index (χ1) is 12.8. The molecule has 0 fully saturated rings. The van der Waals surface area contributed by atoms with E-state index in [9.17, 15) is 4.79 Å². The Morgan fingerprint density at radius 2 is 1.96 bits per heavy atom. The lowest BCUT2D eigenvalue weighted by Crippen LogP contribution is -2.40. The van der Waals surface area contributed by atoms with E-state index in [-0.39, 0.29) is 17.4 Å². The molecule has 2 atom stereocenters. The molecule has 27 heavy (non-hydrogen) atoms. The van der Waals surface area contributed by atoms with Crippen LogP contribution in [0.25, 0.3) is 0 Å². The first-order valence-electron chi connectivity index (χ1n) is 9.78. The highest BCUT2D eigenvalue weighted by Gasteiger charge is 2.33. The fourth-order valence-electron chi connectivity index (χ4n) is 4.26. The van der Waals surface area contributed by atoms with E-state index in [1.807, 2.05) is 12.1 Å². The van der Waals surface area contributed by atoms with Crippen LogP contribution in [0.2, 0.25) is 0 Å². The number of nitrogens with zero attached hydrogens (tertiary/aromatic N) is 1. The summed E-state index contributed by atoms with van der Waals surface area (Å²) in [7, 11) is 1.68. The zero-order valence-corrected chi connectivity index (χ0v) is 17.9. The Bertz CT molecular complexity index is 772. The molecule has 3 nitrogen and oxygen atoms in total. The molecule has 0 spiro atoms. The number of rotatable bonds is 5. The second kappa shape index (κ2) is 8.05. The van der Waals surface area contributed by atoms with Gasteiger partial charge in [0.15, 0.2) is 0 Å². The zero-order valence-electron chi connectivity index (χ0n) is 17.1. The molecule has 0 saturated carbocycles. The van der Waals surface area contributed by atoms with Gasteiger partial charge >= 0.3 is 0 Å². The standard InChI is InChI=1S/C23H31NO2S/c1-16(15-23(2,3)4)14-21(25)24-12-10-20-19(11-13-27-20)22(24)17-6-8-18(26-5)9-7-17/h6-9,11,13,16,22H,10,12,14-15H2,1-5H3/t16-,22+/m0/s1. The quantitative estimate of drug-likeness (QED) is 0.661. The maximum atomic E-state index is 13.2. The van der Waals surface area contributed by atoms with Crippen molar-refractivity contribution in [3.63, 3.8) is 0 Å². The van der Waals surface area contributed by atoms with Gasteiger partial charge in [-0.05, 0) is 58.9 Å². The Morgan fingerprint density at radius 1 is 1.26 bits per heavy atom. The maximum Gasteiger partial charge on any atom is 0.223 e. The number of hydrogen-bond acceptors (Lipinski definition) is 3. The summed E-state index contributed by atoms with van der Waals surface area (Å²) in [4.78, 5) is 16.7. The Hall–Kier alpha value is -1.81. The molecule has 2 heterocycles. The molecular formula is C23H31NO2S. The minimum Gasteiger partial charge on any atom is -0.497 e. The number of carbonyl (C=O) groups excluding carboxylic acids is 1. The number of thiophene rings is 1. The van der Waals surface area contributed by atoms with Gasteiger partial charge in [-0.2, -0.15) is 0 Å². The minimum absolute atomic E-state index is 0.0141. The number of amides is 1. The third-order valence-corrected chi connectivity index (χ3v) is 6.20. The molecule has 0 unspecified atom stereocenters. The average Bonchev–Trinajstić information content (AvgIpc) is 3.08. The molecular weight excluding hydrogens is 354 g/mol. The molecule has 1 aromatic heterocycles. The first-order valence-corrected chi connectivity index (χ1v) is 10.7. The van der Waals surface area contributed by atoms with Crippen molar-refractivity contribution in [2.75, 3.05) is 13.7 Å². The minimum atomic E-state index is 0.0141. The van der Waals surface area contributed by atoms with E-state index in [0.29, 0.717) is 12.3 Å². The summed E-state index contributed by atoms with van der Waals surface area (Å²) in [5.41, 5.74) is 2.69. The summed E-state index contributed by atoms with van der Waals surface area (Å²) in [6.07, 6.45) is 2.63. The van der Waals surface area contributed by atoms with Gasteiger partial charge in [-0.3, -0.25) is 4.79 Å². The van der Waals surface area contributed by atoms with Crippen molar-refractivity contribution in [1.82, 2.24) is 4.90 Å². The lowest BCUT2D eigenvalue weighted by atomic mass is 9.83. The summed E-state index contributed by atoms with van der Waals surface area (Å²) in [5, 5.41) is 2.15. The average molecular weight is 386 g/mol. The van der Waals surface area contributed by atoms with E-state index in [4.69, 9.17) is 4.74 Å². The Labute approximate surface area is 167 Å².